The first-order valence-corrected chi connectivity index (χ1v) is 9.55. The van der Waals surface area contributed by atoms with E-state index in [1.54, 1.807) is 26.1 Å². The standard InChI is InChI=1S/C16H17N5O5S/c1-4-27(23,24)11-7-5-10(6-8-11)14-18-19-16(26-14)17-13(22)12-9-21(2)20-15(12)25-3/h5-9H,4H2,1-3H3,(H,17,19,22). The van der Waals surface area contributed by atoms with Crippen LogP contribution in [0.3, 0.4) is 0 Å². The number of aryl methyl sites for hydroxylation is 1. The molecule has 1 amide bonds. The van der Waals surface area contributed by atoms with Gasteiger partial charge in [-0.15, -0.1) is 10.2 Å². The van der Waals surface area contributed by atoms with Crippen LogP contribution in [0, 0.1) is 0 Å². The average Bonchev–Trinajstić information content (AvgIpc) is 3.28. The number of benzene rings is 1. The van der Waals surface area contributed by atoms with Gasteiger partial charge in [0.2, 0.25) is 11.8 Å². The largest absolute Gasteiger partial charge is 0.479 e. The fraction of sp³-hybridized carbons (Fsp3) is 0.250. The van der Waals surface area contributed by atoms with E-state index in [0.717, 1.165) is 0 Å². The van der Waals surface area contributed by atoms with Gasteiger partial charge in [0.15, 0.2) is 9.84 Å². The van der Waals surface area contributed by atoms with Gasteiger partial charge < -0.3 is 9.15 Å². The number of anilines is 1. The molecule has 0 radical (unpaired) electrons. The molecule has 0 aliphatic heterocycles. The smallest absolute Gasteiger partial charge is 0.322 e. The second-order valence-electron chi connectivity index (χ2n) is 5.52. The number of hydrogen-bond acceptors (Lipinski definition) is 8. The van der Waals surface area contributed by atoms with Gasteiger partial charge in [-0.05, 0) is 24.3 Å². The van der Waals surface area contributed by atoms with E-state index in [4.69, 9.17) is 9.15 Å². The molecule has 0 fully saturated rings. The van der Waals surface area contributed by atoms with Crippen LogP contribution in [0.1, 0.15) is 17.3 Å². The zero-order valence-corrected chi connectivity index (χ0v) is 15.6. The van der Waals surface area contributed by atoms with E-state index in [1.807, 2.05) is 0 Å². The molecular weight excluding hydrogens is 374 g/mol. The minimum absolute atomic E-state index is 0.0148. The van der Waals surface area contributed by atoms with E-state index in [0.29, 0.717) is 5.56 Å². The third-order valence-corrected chi connectivity index (χ3v) is 5.47. The van der Waals surface area contributed by atoms with Crippen LogP contribution in [-0.4, -0.2) is 47.2 Å². The normalized spacial score (nSPS) is 11.4. The first kappa shape index (κ1) is 18.6. The molecule has 27 heavy (non-hydrogen) atoms. The number of nitrogens with one attached hydrogen (secondary N) is 1. The summed E-state index contributed by atoms with van der Waals surface area (Å²) in [6.45, 7) is 1.58. The monoisotopic (exact) mass is 391 g/mol. The second kappa shape index (κ2) is 7.19. The summed E-state index contributed by atoms with van der Waals surface area (Å²) in [7, 11) is -0.218. The summed E-state index contributed by atoms with van der Waals surface area (Å²) < 4.78 is 35.6. The fourth-order valence-electron chi connectivity index (χ4n) is 2.30. The number of carbonyl (C=O) groups excluding carboxylic acids is 1. The summed E-state index contributed by atoms with van der Waals surface area (Å²) in [5, 5.41) is 14.1. The maximum atomic E-state index is 12.3. The highest BCUT2D eigenvalue weighted by atomic mass is 32.2. The molecule has 10 nitrogen and oxygen atoms in total. The molecule has 2 aromatic heterocycles. The van der Waals surface area contributed by atoms with E-state index in [2.05, 4.69) is 20.6 Å². The lowest BCUT2D eigenvalue weighted by Gasteiger charge is -2.01. The summed E-state index contributed by atoms with van der Waals surface area (Å²) >= 11 is 0. The van der Waals surface area contributed by atoms with E-state index in [1.165, 1.54) is 30.1 Å². The molecule has 0 saturated heterocycles. The Morgan fingerprint density at radius 1 is 1.26 bits per heavy atom. The predicted molar refractivity (Wildman–Crippen MR) is 95.2 cm³/mol. The SMILES string of the molecule is CCS(=O)(=O)c1ccc(-c2nnc(NC(=O)c3cn(C)nc3OC)o2)cc1. The summed E-state index contributed by atoms with van der Waals surface area (Å²) in [6.07, 6.45) is 1.50. The maximum absolute atomic E-state index is 12.3. The number of sulfone groups is 1. The fourth-order valence-corrected chi connectivity index (χ4v) is 3.19. The van der Waals surface area contributed by atoms with Crippen molar-refractivity contribution in [2.24, 2.45) is 7.05 Å². The van der Waals surface area contributed by atoms with Gasteiger partial charge >= 0.3 is 6.01 Å². The zero-order chi connectivity index (χ0) is 19.6. The Morgan fingerprint density at radius 3 is 2.59 bits per heavy atom. The molecule has 0 aliphatic carbocycles. The van der Waals surface area contributed by atoms with Crippen molar-refractivity contribution in [3.63, 3.8) is 0 Å². The molecule has 142 valence electrons. The van der Waals surface area contributed by atoms with Crippen molar-refractivity contribution in [1.82, 2.24) is 20.0 Å². The van der Waals surface area contributed by atoms with Gasteiger partial charge in [-0.1, -0.05) is 12.0 Å². The minimum Gasteiger partial charge on any atom is -0.479 e. The summed E-state index contributed by atoms with van der Waals surface area (Å²) in [5.41, 5.74) is 0.742. The Kier molecular flexibility index (Phi) is 4.95. The van der Waals surface area contributed by atoms with Crippen LogP contribution in [0.4, 0.5) is 6.01 Å². The van der Waals surface area contributed by atoms with Crippen LogP contribution in [0.15, 0.2) is 39.8 Å². The summed E-state index contributed by atoms with van der Waals surface area (Å²) in [6, 6.07) is 5.96. The molecule has 0 spiro atoms. The van der Waals surface area contributed by atoms with Crippen molar-refractivity contribution in [2.45, 2.75) is 11.8 Å². The van der Waals surface area contributed by atoms with Crippen LogP contribution >= 0.6 is 0 Å². The van der Waals surface area contributed by atoms with Gasteiger partial charge in [0, 0.05) is 18.8 Å². The molecule has 3 rings (SSSR count). The van der Waals surface area contributed by atoms with Crippen molar-refractivity contribution in [3.8, 4) is 17.3 Å². The molecule has 2 heterocycles. The van der Waals surface area contributed by atoms with Crippen molar-refractivity contribution in [2.75, 3.05) is 18.2 Å². The predicted octanol–water partition coefficient (Wildman–Crippen LogP) is 1.52. The molecule has 0 atom stereocenters. The Balaban J connectivity index is 1.78. The molecule has 0 aliphatic rings. The van der Waals surface area contributed by atoms with Gasteiger partial charge in [0.1, 0.15) is 5.56 Å². The summed E-state index contributed by atoms with van der Waals surface area (Å²) in [5.74, 6) is -0.188. The van der Waals surface area contributed by atoms with Crippen molar-refractivity contribution < 1.29 is 22.4 Å². The first-order valence-electron chi connectivity index (χ1n) is 7.89. The van der Waals surface area contributed by atoms with Gasteiger partial charge in [-0.25, -0.2) is 8.42 Å². The Labute approximate surface area is 155 Å². The number of carbonyl (C=O) groups is 1. The van der Waals surface area contributed by atoms with Crippen LogP contribution in [-0.2, 0) is 16.9 Å². The quantitative estimate of drug-likeness (QED) is 0.669. The molecule has 0 saturated carbocycles. The lowest BCUT2D eigenvalue weighted by atomic mass is 10.2. The van der Waals surface area contributed by atoms with Gasteiger partial charge in [0.25, 0.3) is 5.91 Å². The molecular formula is C16H17N5O5S. The molecule has 0 unspecified atom stereocenters. The second-order valence-corrected chi connectivity index (χ2v) is 7.80. The van der Waals surface area contributed by atoms with Gasteiger partial charge in [0.05, 0.1) is 17.8 Å². The van der Waals surface area contributed by atoms with Crippen molar-refractivity contribution >= 4 is 21.8 Å². The highest BCUT2D eigenvalue weighted by molar-refractivity contribution is 7.91. The highest BCUT2D eigenvalue weighted by Crippen LogP contribution is 2.23. The number of amides is 1. The molecule has 1 aromatic carbocycles. The third kappa shape index (κ3) is 3.82. The Hall–Kier alpha value is -3.21. The van der Waals surface area contributed by atoms with Crippen LogP contribution in [0.2, 0.25) is 0 Å². The van der Waals surface area contributed by atoms with E-state index < -0.39 is 15.7 Å². The minimum atomic E-state index is -3.29. The lowest BCUT2D eigenvalue weighted by molar-refractivity contribution is 0.102. The summed E-state index contributed by atoms with van der Waals surface area (Å²) in [4.78, 5) is 12.5. The number of methoxy groups -OCH3 is 1. The maximum Gasteiger partial charge on any atom is 0.322 e. The Bertz CT molecular complexity index is 1070. The van der Waals surface area contributed by atoms with Crippen LogP contribution in [0.5, 0.6) is 5.88 Å². The molecule has 3 aromatic rings. The highest BCUT2D eigenvalue weighted by Gasteiger charge is 2.19. The number of hydrogen-bond donors (Lipinski definition) is 1. The zero-order valence-electron chi connectivity index (χ0n) is 14.8. The lowest BCUT2D eigenvalue weighted by Crippen LogP contribution is -2.12. The van der Waals surface area contributed by atoms with E-state index in [-0.39, 0.29) is 34.0 Å². The average molecular weight is 391 g/mol. The topological polar surface area (TPSA) is 129 Å². The van der Waals surface area contributed by atoms with Crippen molar-refractivity contribution in [1.29, 1.82) is 0 Å². The van der Waals surface area contributed by atoms with E-state index in [9.17, 15) is 13.2 Å². The van der Waals surface area contributed by atoms with Crippen LogP contribution in [0.25, 0.3) is 11.5 Å². The number of aromatic nitrogens is 4. The van der Waals surface area contributed by atoms with E-state index >= 15 is 0 Å². The Morgan fingerprint density at radius 2 is 1.96 bits per heavy atom. The van der Waals surface area contributed by atoms with Gasteiger partial charge in [-0.2, -0.15) is 0 Å². The van der Waals surface area contributed by atoms with Gasteiger partial charge in [-0.3, -0.25) is 14.8 Å². The number of ether oxygens (including phenoxy) is 1. The first-order chi connectivity index (χ1) is 12.8. The van der Waals surface area contributed by atoms with Crippen molar-refractivity contribution in [3.05, 3.63) is 36.0 Å². The van der Waals surface area contributed by atoms with Crippen LogP contribution < -0.4 is 10.1 Å². The molecule has 11 heteroatoms. The molecule has 1 N–H and O–H groups in total. The third-order valence-electron chi connectivity index (χ3n) is 3.72. The number of rotatable bonds is 6. The molecule has 0 bridgehead atoms. The number of nitrogens with zero attached hydrogens (tertiary/aromatic N) is 4.